The van der Waals surface area contributed by atoms with E-state index in [9.17, 15) is 36.1 Å². The second-order valence-corrected chi connectivity index (χ2v) is 1.77. The van der Waals surface area contributed by atoms with Crippen LogP contribution in [0.2, 0.25) is 0 Å². The van der Waals surface area contributed by atoms with Crippen LogP contribution in [0.4, 0.5) is 26.5 Å². The van der Waals surface area contributed by atoms with E-state index in [4.69, 9.17) is 0 Å². The van der Waals surface area contributed by atoms with Crippen molar-refractivity contribution in [1.29, 1.82) is 0 Å². The van der Waals surface area contributed by atoms with Crippen molar-refractivity contribution in [3.8, 4) is 0 Å². The van der Waals surface area contributed by atoms with Gasteiger partial charge in [-0.2, -0.15) is 22.0 Å². The Morgan fingerprint density at radius 1 is 1.00 bits per heavy atom. The molecule has 0 aliphatic carbocycles. The third-order valence-electron chi connectivity index (χ3n) is 0.869. The van der Waals surface area contributed by atoms with Crippen molar-refractivity contribution < 1.29 is 58.1 Å². The van der Waals surface area contributed by atoms with Gasteiger partial charge in [-0.25, -0.2) is 9.74 Å². The average molecular weight is 274 g/mol. The topological polar surface area (TPSA) is 43.4 Å². The standard InChI is InChI=1S/C4F6O3.Cu/c5-3(6,2(12)13-10)1(11)4(7,8)9;. The van der Waals surface area contributed by atoms with Crippen LogP contribution in [0.3, 0.4) is 0 Å². The normalized spacial score (nSPS) is 11.6. The largest absolute Gasteiger partial charge is 0.457 e. The summed E-state index contributed by atoms with van der Waals surface area (Å²) in [5.41, 5.74) is 0. The average Bonchev–Trinajstić information content (AvgIpc) is 1.99. The molecule has 0 aliphatic rings. The summed E-state index contributed by atoms with van der Waals surface area (Å²) in [7, 11) is 0. The van der Waals surface area contributed by atoms with Gasteiger partial charge >= 0.3 is 23.9 Å². The summed E-state index contributed by atoms with van der Waals surface area (Å²) in [4.78, 5) is 21.2. The van der Waals surface area contributed by atoms with E-state index in [1.165, 1.54) is 0 Å². The minimum absolute atomic E-state index is 0. The monoisotopic (exact) mass is 273 g/mol. The van der Waals surface area contributed by atoms with Crippen LogP contribution in [0.5, 0.6) is 0 Å². The van der Waals surface area contributed by atoms with Crippen molar-refractivity contribution in [3.05, 3.63) is 0 Å². The van der Waals surface area contributed by atoms with Gasteiger partial charge in [0.1, 0.15) is 0 Å². The molecule has 87 valence electrons. The molecule has 0 rings (SSSR count). The van der Waals surface area contributed by atoms with Crippen LogP contribution in [0.25, 0.3) is 0 Å². The zero-order valence-corrected chi connectivity index (χ0v) is 6.74. The Morgan fingerprint density at radius 3 is 1.57 bits per heavy atom. The quantitative estimate of drug-likeness (QED) is 0.431. The first-order chi connectivity index (χ1) is 5.64. The number of halogens is 6. The molecule has 0 saturated carbocycles. The van der Waals surface area contributed by atoms with Gasteiger partial charge in [0.15, 0.2) is 0 Å². The number of hydrogen-bond donors (Lipinski definition) is 0. The zero-order chi connectivity index (χ0) is 10.9. The van der Waals surface area contributed by atoms with Gasteiger partial charge in [0.25, 0.3) is 0 Å². The van der Waals surface area contributed by atoms with E-state index in [0.717, 1.165) is 0 Å². The number of carbonyl (C=O) groups excluding carboxylic acids is 2. The maximum atomic E-state index is 11.9. The molecule has 0 aromatic heterocycles. The third kappa shape index (κ3) is 3.18. The summed E-state index contributed by atoms with van der Waals surface area (Å²) in [5, 5.41) is 0. The van der Waals surface area contributed by atoms with Crippen molar-refractivity contribution in [2.24, 2.45) is 0 Å². The minimum atomic E-state index is -5.93. The Bertz CT molecular complexity index is 236. The van der Waals surface area contributed by atoms with Gasteiger partial charge in [0.05, 0.1) is 0 Å². The molecule has 1 radical (unpaired) electrons. The molecule has 0 N–H and O–H groups in total. The molecule has 0 fully saturated rings. The van der Waals surface area contributed by atoms with E-state index in [2.05, 4.69) is 0 Å². The van der Waals surface area contributed by atoms with Crippen molar-refractivity contribution in [1.82, 2.24) is 0 Å². The van der Waals surface area contributed by atoms with E-state index >= 15 is 0 Å². The summed E-state index contributed by atoms with van der Waals surface area (Å²) in [5.74, 6) is -12.4. The smallest absolute Gasteiger partial charge is 0.282 e. The van der Waals surface area contributed by atoms with Crippen molar-refractivity contribution in [3.63, 3.8) is 0 Å². The number of hydrogen-bond acceptors (Lipinski definition) is 3. The van der Waals surface area contributed by atoms with Gasteiger partial charge in [0, 0.05) is 21.6 Å². The fourth-order valence-corrected chi connectivity index (χ4v) is 0.319. The zero-order valence-electron chi connectivity index (χ0n) is 5.79. The van der Waals surface area contributed by atoms with Crippen molar-refractivity contribution in [2.45, 2.75) is 12.1 Å². The second-order valence-electron chi connectivity index (χ2n) is 1.77. The maximum absolute atomic E-state index is 11.9. The first kappa shape index (κ1) is 15.7. The Morgan fingerprint density at radius 2 is 1.36 bits per heavy atom. The molecule has 0 saturated heterocycles. The molecule has 0 heterocycles. The maximum Gasteiger partial charge on any atom is 0.457 e. The Balaban J connectivity index is 0. The SMILES string of the molecule is O=C(OF)C(F)(F)C(=O)C(F)(F)F.[Cu]. The predicted octanol–water partition coefficient (Wildman–Crippen LogP) is 1.18. The Labute approximate surface area is 82.8 Å². The van der Waals surface area contributed by atoms with Crippen LogP contribution >= 0.6 is 0 Å². The molecule has 0 aromatic carbocycles. The number of rotatable bonds is 2. The molecular weight excluding hydrogens is 274 g/mol. The first-order valence-corrected chi connectivity index (χ1v) is 2.46. The van der Waals surface area contributed by atoms with Gasteiger partial charge in [-0.1, -0.05) is 0 Å². The molecule has 0 atom stereocenters. The third-order valence-corrected chi connectivity index (χ3v) is 0.869. The molecule has 0 bridgehead atoms. The van der Waals surface area contributed by atoms with Crippen molar-refractivity contribution in [2.75, 3.05) is 0 Å². The van der Waals surface area contributed by atoms with Gasteiger partial charge in [-0.15, -0.1) is 0 Å². The summed E-state index contributed by atoms with van der Waals surface area (Å²) in [6.45, 7) is 0. The second kappa shape index (κ2) is 4.65. The van der Waals surface area contributed by atoms with Gasteiger partial charge in [-0.3, -0.25) is 4.79 Å². The summed E-state index contributed by atoms with van der Waals surface area (Å²) in [6, 6.07) is 0. The minimum Gasteiger partial charge on any atom is -0.282 e. The van der Waals surface area contributed by atoms with E-state index in [1.54, 1.807) is 0 Å². The number of ketones is 1. The van der Waals surface area contributed by atoms with Crippen LogP contribution in [-0.4, -0.2) is 23.9 Å². The summed E-state index contributed by atoms with van der Waals surface area (Å²) >= 11 is 0. The summed E-state index contributed by atoms with van der Waals surface area (Å²) < 4.78 is 68.5. The van der Waals surface area contributed by atoms with Crippen LogP contribution in [0.15, 0.2) is 0 Å². The predicted molar refractivity (Wildman–Crippen MR) is 23.2 cm³/mol. The Hall–Kier alpha value is -0.761. The van der Waals surface area contributed by atoms with Crippen LogP contribution in [0, 0.1) is 0 Å². The molecule has 0 amide bonds. The number of alkyl halides is 5. The molecule has 0 aliphatic heterocycles. The molecule has 10 heteroatoms. The fraction of sp³-hybridized carbons (Fsp3) is 0.500. The molecule has 3 nitrogen and oxygen atoms in total. The van der Waals surface area contributed by atoms with Crippen LogP contribution < -0.4 is 0 Å². The van der Waals surface area contributed by atoms with Gasteiger partial charge < -0.3 is 0 Å². The Kier molecular flexibility index (Phi) is 5.21. The van der Waals surface area contributed by atoms with E-state index in [0.29, 0.717) is 0 Å². The number of carbonyl (C=O) groups is 2. The first-order valence-electron chi connectivity index (χ1n) is 2.46. The van der Waals surface area contributed by atoms with Crippen LogP contribution in [-0.2, 0) is 31.6 Å². The molecule has 0 unspecified atom stereocenters. The van der Waals surface area contributed by atoms with E-state index in [-0.39, 0.29) is 17.1 Å². The number of Topliss-reactive ketones (excluding diaryl/α,β-unsaturated/α-hetero) is 1. The van der Waals surface area contributed by atoms with Crippen LogP contribution in [0.1, 0.15) is 0 Å². The fourth-order valence-electron chi connectivity index (χ4n) is 0.319. The summed E-state index contributed by atoms with van der Waals surface area (Å²) in [6.07, 6.45) is -5.93. The molecule has 14 heavy (non-hydrogen) atoms. The molecule has 0 spiro atoms. The van der Waals surface area contributed by atoms with E-state index in [1.807, 2.05) is 4.94 Å². The van der Waals surface area contributed by atoms with E-state index < -0.39 is 23.9 Å². The van der Waals surface area contributed by atoms with Gasteiger partial charge in [0.2, 0.25) is 0 Å². The molecular formula is C4CuF6O3. The van der Waals surface area contributed by atoms with Gasteiger partial charge in [-0.05, 0) is 0 Å². The molecule has 0 aromatic rings. The van der Waals surface area contributed by atoms with Crippen molar-refractivity contribution >= 4 is 11.8 Å².